The summed E-state index contributed by atoms with van der Waals surface area (Å²) < 4.78 is 44.0. The molecule has 0 amide bonds. The Bertz CT molecular complexity index is 1760. The fraction of sp³-hybridized carbons (Fsp3) is 0.148. The number of hydrogen-bond acceptors (Lipinski definition) is 7. The summed E-state index contributed by atoms with van der Waals surface area (Å²) in [7, 11) is 0. The molecule has 1 fully saturated rings. The molecule has 5 aromatic rings. The summed E-state index contributed by atoms with van der Waals surface area (Å²) in [4.78, 5) is 7.85. The van der Waals surface area contributed by atoms with Crippen LogP contribution in [0.25, 0.3) is 10.9 Å². The molecule has 194 valence electrons. The number of hydrogen-bond donors (Lipinski definition) is 2. The lowest BCUT2D eigenvalue weighted by Crippen LogP contribution is -2.15. The molecule has 0 aliphatic heterocycles. The molecule has 0 spiro atoms. The molecule has 0 bridgehead atoms. The van der Waals surface area contributed by atoms with Crippen LogP contribution in [0.15, 0.2) is 61.1 Å². The van der Waals surface area contributed by atoms with Crippen LogP contribution in [-0.4, -0.2) is 25.0 Å². The van der Waals surface area contributed by atoms with Gasteiger partial charge in [-0.3, -0.25) is 4.98 Å². The van der Waals surface area contributed by atoms with E-state index in [1.54, 1.807) is 41.2 Å². The summed E-state index contributed by atoms with van der Waals surface area (Å²) in [6, 6.07) is 12.1. The van der Waals surface area contributed by atoms with E-state index in [1.807, 2.05) is 6.07 Å². The first-order valence-electron chi connectivity index (χ1n) is 11.9. The summed E-state index contributed by atoms with van der Waals surface area (Å²) in [5.74, 6) is -2.83. The van der Waals surface area contributed by atoms with Gasteiger partial charge in [-0.25, -0.2) is 18.4 Å². The molecule has 6 rings (SSSR count). The van der Waals surface area contributed by atoms with Crippen molar-refractivity contribution in [1.29, 1.82) is 5.26 Å². The Balaban J connectivity index is 1.47. The lowest BCUT2D eigenvalue weighted by Gasteiger charge is -2.21. The topological polar surface area (TPSA) is 104 Å². The number of nitriles is 1. The van der Waals surface area contributed by atoms with Gasteiger partial charge in [0.1, 0.15) is 23.6 Å². The number of aromatic nitrogens is 5. The lowest BCUT2D eigenvalue weighted by molar-refractivity contribution is 0.480. The molecule has 39 heavy (non-hydrogen) atoms. The zero-order valence-corrected chi connectivity index (χ0v) is 20.8. The highest BCUT2D eigenvalue weighted by Crippen LogP contribution is 2.39. The standard InChI is InChI=1S/C27H18ClF3N8/c28-15-7-19-24(35-16-9-21(30)27(31)34-12-16)14(10-32)11-33-25(19)22(8-15)36-26(18-3-1-2-4-20(18)29)23-13-39(38-37-23)17-5-6-17/h1-4,7-9,11-13,17,26,36H,5-6H2,(H,33,35)/t26-/m0/s1. The fourth-order valence-electron chi connectivity index (χ4n) is 4.35. The van der Waals surface area contributed by atoms with Crippen molar-refractivity contribution >= 4 is 39.6 Å². The maximum Gasteiger partial charge on any atom is 0.249 e. The first-order chi connectivity index (χ1) is 18.9. The first-order valence-corrected chi connectivity index (χ1v) is 12.3. The molecule has 1 atom stereocenters. The molecule has 0 unspecified atom stereocenters. The Morgan fingerprint density at radius 1 is 1.05 bits per heavy atom. The van der Waals surface area contributed by atoms with Crippen LogP contribution in [0.1, 0.15) is 41.7 Å². The van der Waals surface area contributed by atoms with Crippen molar-refractivity contribution < 1.29 is 13.2 Å². The molecule has 2 aromatic carbocycles. The monoisotopic (exact) mass is 546 g/mol. The molecule has 1 saturated carbocycles. The molecule has 0 saturated heterocycles. The SMILES string of the molecule is N#Cc1cnc2c(N[C@H](c3cn(C4CC4)nn3)c3ccccc3F)cc(Cl)cc2c1Nc1cnc(F)c(F)c1. The summed E-state index contributed by atoms with van der Waals surface area (Å²) in [5.41, 5.74) is 2.19. The Kier molecular flexibility index (Phi) is 6.24. The molecule has 8 nitrogen and oxygen atoms in total. The van der Waals surface area contributed by atoms with Crippen molar-refractivity contribution in [3.63, 3.8) is 0 Å². The number of nitrogens with zero attached hydrogens (tertiary/aromatic N) is 6. The van der Waals surface area contributed by atoms with Gasteiger partial charge in [-0.15, -0.1) is 5.10 Å². The number of halogens is 4. The van der Waals surface area contributed by atoms with Crippen molar-refractivity contribution in [2.24, 2.45) is 0 Å². The minimum atomic E-state index is -1.24. The highest BCUT2D eigenvalue weighted by atomic mass is 35.5. The van der Waals surface area contributed by atoms with Gasteiger partial charge in [0.15, 0.2) is 5.82 Å². The second-order valence-corrected chi connectivity index (χ2v) is 9.52. The van der Waals surface area contributed by atoms with Gasteiger partial charge in [-0.1, -0.05) is 35.0 Å². The molecule has 3 heterocycles. The second-order valence-electron chi connectivity index (χ2n) is 9.08. The fourth-order valence-corrected chi connectivity index (χ4v) is 4.57. The number of pyridine rings is 2. The van der Waals surface area contributed by atoms with Crippen LogP contribution in [0.2, 0.25) is 5.02 Å². The van der Waals surface area contributed by atoms with E-state index in [2.05, 4.69) is 30.9 Å². The maximum atomic E-state index is 15.0. The predicted molar refractivity (Wildman–Crippen MR) is 139 cm³/mol. The van der Waals surface area contributed by atoms with Crippen molar-refractivity contribution in [3.8, 4) is 6.07 Å². The van der Waals surface area contributed by atoms with E-state index >= 15 is 4.39 Å². The van der Waals surface area contributed by atoms with Crippen LogP contribution in [0.4, 0.5) is 30.2 Å². The third kappa shape index (κ3) is 4.82. The zero-order chi connectivity index (χ0) is 27.1. The minimum Gasteiger partial charge on any atom is -0.371 e. The molecule has 2 N–H and O–H groups in total. The van der Waals surface area contributed by atoms with E-state index in [9.17, 15) is 14.0 Å². The van der Waals surface area contributed by atoms with Crippen LogP contribution in [-0.2, 0) is 0 Å². The lowest BCUT2D eigenvalue weighted by atomic mass is 10.0. The van der Waals surface area contributed by atoms with E-state index < -0.39 is 23.6 Å². The second kappa shape index (κ2) is 9.89. The van der Waals surface area contributed by atoms with Crippen molar-refractivity contribution in [3.05, 3.63) is 100 Å². The van der Waals surface area contributed by atoms with Crippen molar-refractivity contribution in [2.45, 2.75) is 24.9 Å². The summed E-state index contributed by atoms with van der Waals surface area (Å²) >= 11 is 6.49. The molecule has 3 aromatic heterocycles. The molecular weight excluding hydrogens is 529 g/mol. The van der Waals surface area contributed by atoms with E-state index in [0.717, 1.165) is 25.1 Å². The van der Waals surface area contributed by atoms with Crippen molar-refractivity contribution in [2.75, 3.05) is 10.6 Å². The van der Waals surface area contributed by atoms with Gasteiger partial charge in [0.2, 0.25) is 5.95 Å². The third-order valence-corrected chi connectivity index (χ3v) is 6.60. The summed E-state index contributed by atoms with van der Waals surface area (Å²) in [6.07, 6.45) is 6.26. The van der Waals surface area contributed by atoms with Gasteiger partial charge in [0.05, 0.1) is 46.6 Å². The molecule has 1 aliphatic rings. The van der Waals surface area contributed by atoms with Gasteiger partial charge < -0.3 is 10.6 Å². The van der Waals surface area contributed by atoms with E-state index in [1.165, 1.54) is 12.3 Å². The molecule has 0 radical (unpaired) electrons. The quantitative estimate of drug-likeness (QED) is 0.226. The number of nitrogens with one attached hydrogen (secondary N) is 2. The van der Waals surface area contributed by atoms with Gasteiger partial charge in [0, 0.05) is 28.2 Å². The predicted octanol–water partition coefficient (Wildman–Crippen LogP) is 6.44. The maximum absolute atomic E-state index is 15.0. The largest absolute Gasteiger partial charge is 0.371 e. The molecule has 1 aliphatic carbocycles. The third-order valence-electron chi connectivity index (χ3n) is 6.38. The van der Waals surface area contributed by atoms with E-state index in [4.69, 9.17) is 11.6 Å². The van der Waals surface area contributed by atoms with Gasteiger partial charge in [-0.2, -0.15) is 9.65 Å². The van der Waals surface area contributed by atoms with Crippen LogP contribution in [0, 0.1) is 28.9 Å². The van der Waals surface area contributed by atoms with E-state index in [0.29, 0.717) is 32.9 Å². The van der Waals surface area contributed by atoms with Crippen LogP contribution in [0.3, 0.4) is 0 Å². The first kappa shape index (κ1) is 24.6. The van der Waals surface area contributed by atoms with Gasteiger partial charge in [0.25, 0.3) is 0 Å². The van der Waals surface area contributed by atoms with Gasteiger partial charge in [-0.05, 0) is 31.0 Å². The average molecular weight is 547 g/mol. The molecule has 12 heteroatoms. The highest BCUT2D eigenvalue weighted by Gasteiger charge is 2.28. The number of benzene rings is 2. The average Bonchev–Trinajstić information content (AvgIpc) is 3.66. The Morgan fingerprint density at radius 2 is 1.87 bits per heavy atom. The van der Waals surface area contributed by atoms with Crippen LogP contribution in [0.5, 0.6) is 0 Å². The highest BCUT2D eigenvalue weighted by molar-refractivity contribution is 6.32. The van der Waals surface area contributed by atoms with Crippen LogP contribution < -0.4 is 10.6 Å². The number of rotatable bonds is 7. The Labute approximate surface area is 225 Å². The van der Waals surface area contributed by atoms with Crippen molar-refractivity contribution in [1.82, 2.24) is 25.0 Å². The zero-order valence-electron chi connectivity index (χ0n) is 20.0. The normalized spacial score (nSPS) is 13.7. The van der Waals surface area contributed by atoms with E-state index in [-0.39, 0.29) is 23.0 Å². The summed E-state index contributed by atoms with van der Waals surface area (Å²) in [6.45, 7) is 0. The number of anilines is 3. The van der Waals surface area contributed by atoms with Gasteiger partial charge >= 0.3 is 0 Å². The Hall–Kier alpha value is -4.69. The molecular formula is C27H18ClF3N8. The Morgan fingerprint density at radius 3 is 2.62 bits per heavy atom. The summed E-state index contributed by atoms with van der Waals surface area (Å²) in [5, 5.41) is 25.2. The minimum absolute atomic E-state index is 0.119. The van der Waals surface area contributed by atoms with Crippen LogP contribution >= 0.6 is 11.6 Å². The number of fused-ring (bicyclic) bond motifs is 1. The smallest absolute Gasteiger partial charge is 0.249 e.